The molecule has 0 aliphatic carbocycles. The Kier molecular flexibility index (Phi) is 7.80. The number of benzene rings is 2. The largest absolute Gasteiger partial charge is 0.493 e. The fraction of sp³-hybridized carbons (Fsp3) is 0.286. The zero-order valence-electron chi connectivity index (χ0n) is 16.0. The van der Waals surface area contributed by atoms with E-state index in [9.17, 15) is 13.6 Å². The molecule has 2 rings (SSSR count). The van der Waals surface area contributed by atoms with Crippen LogP contribution in [0.1, 0.15) is 11.1 Å². The van der Waals surface area contributed by atoms with Gasteiger partial charge in [-0.05, 0) is 36.3 Å². The smallest absolute Gasteiger partial charge is 0.387 e. The van der Waals surface area contributed by atoms with Crippen LogP contribution in [0.4, 0.5) is 8.78 Å². The lowest BCUT2D eigenvalue weighted by Crippen LogP contribution is -2.27. The minimum atomic E-state index is -2.92. The minimum absolute atomic E-state index is 0.0227. The van der Waals surface area contributed by atoms with E-state index >= 15 is 0 Å². The number of carbonyl (C=O) groups is 1. The van der Waals surface area contributed by atoms with Crippen LogP contribution in [0, 0.1) is 0 Å². The van der Waals surface area contributed by atoms with E-state index in [1.807, 2.05) is 18.2 Å². The van der Waals surface area contributed by atoms with Gasteiger partial charge in [-0.2, -0.15) is 8.78 Å². The molecule has 0 N–H and O–H groups in total. The highest BCUT2D eigenvalue weighted by Crippen LogP contribution is 2.27. The van der Waals surface area contributed by atoms with Crippen molar-refractivity contribution in [3.63, 3.8) is 0 Å². The number of ether oxygens (including phenoxy) is 3. The van der Waals surface area contributed by atoms with Gasteiger partial charge in [0.05, 0.1) is 14.2 Å². The van der Waals surface area contributed by atoms with Crippen LogP contribution >= 0.6 is 0 Å². The topological polar surface area (TPSA) is 48.0 Å². The Balaban J connectivity index is 1.97. The molecule has 0 saturated heterocycles. The highest BCUT2D eigenvalue weighted by Gasteiger charge is 2.10. The average Bonchev–Trinajstić information content (AvgIpc) is 2.70. The van der Waals surface area contributed by atoms with Gasteiger partial charge in [0, 0.05) is 25.2 Å². The molecular weight excluding hydrogens is 368 g/mol. The van der Waals surface area contributed by atoms with E-state index in [1.165, 1.54) is 18.2 Å². The SMILES string of the molecule is COc1ccc(CCN(C)C(=O)/C=C/c2ccccc2OC(F)F)cc1OC. The van der Waals surface area contributed by atoms with Crippen molar-refractivity contribution >= 4 is 12.0 Å². The lowest BCUT2D eigenvalue weighted by Gasteiger charge is -2.16. The summed E-state index contributed by atoms with van der Waals surface area (Å²) in [6.45, 7) is -2.44. The van der Waals surface area contributed by atoms with Gasteiger partial charge in [-0.15, -0.1) is 0 Å². The molecule has 0 fully saturated rings. The molecule has 0 heterocycles. The predicted octanol–water partition coefficient (Wildman–Crippen LogP) is 4.02. The molecule has 0 radical (unpaired) electrons. The minimum Gasteiger partial charge on any atom is -0.493 e. The van der Waals surface area contributed by atoms with Crippen molar-refractivity contribution in [2.75, 3.05) is 27.8 Å². The first-order chi connectivity index (χ1) is 13.4. The second kappa shape index (κ2) is 10.3. The number of nitrogens with zero attached hydrogens (tertiary/aromatic N) is 1. The number of para-hydroxylation sites is 1. The van der Waals surface area contributed by atoms with Gasteiger partial charge in [-0.1, -0.05) is 24.3 Å². The molecule has 0 unspecified atom stereocenters. The number of halogens is 2. The van der Waals surface area contributed by atoms with E-state index in [-0.39, 0.29) is 11.7 Å². The van der Waals surface area contributed by atoms with Crippen molar-refractivity contribution in [3.05, 3.63) is 59.7 Å². The van der Waals surface area contributed by atoms with Crippen LogP contribution in [0.15, 0.2) is 48.5 Å². The number of hydrogen-bond acceptors (Lipinski definition) is 4. The van der Waals surface area contributed by atoms with Gasteiger partial charge in [0.25, 0.3) is 0 Å². The predicted molar refractivity (Wildman–Crippen MR) is 103 cm³/mol. The Hall–Kier alpha value is -3.09. The van der Waals surface area contributed by atoms with Gasteiger partial charge < -0.3 is 19.1 Å². The second-order valence-electron chi connectivity index (χ2n) is 5.95. The van der Waals surface area contributed by atoms with Gasteiger partial charge in [0.15, 0.2) is 11.5 Å². The third-order valence-corrected chi connectivity index (χ3v) is 4.10. The van der Waals surface area contributed by atoms with Crippen LogP contribution in [0.5, 0.6) is 17.2 Å². The standard InChI is InChI=1S/C21H23F2NO4/c1-24(13-12-15-8-10-18(26-2)19(14-15)27-3)20(25)11-9-16-6-4-5-7-17(16)28-21(22)23/h4-11,14,21H,12-13H2,1-3H3/b11-9+. The molecule has 0 spiro atoms. The molecular formula is C21H23F2NO4. The molecule has 0 aromatic heterocycles. The number of alkyl halides is 2. The Morgan fingerprint density at radius 2 is 1.79 bits per heavy atom. The maximum Gasteiger partial charge on any atom is 0.387 e. The monoisotopic (exact) mass is 391 g/mol. The number of likely N-dealkylation sites (N-methyl/N-ethyl adjacent to an activating group) is 1. The maximum absolute atomic E-state index is 12.5. The molecule has 150 valence electrons. The number of rotatable bonds is 9. The van der Waals surface area contributed by atoms with Crippen LogP contribution in [0.3, 0.4) is 0 Å². The summed E-state index contributed by atoms with van der Waals surface area (Å²) in [5.41, 5.74) is 1.40. The Labute approximate surface area is 163 Å². The van der Waals surface area contributed by atoms with Crippen molar-refractivity contribution in [1.29, 1.82) is 0 Å². The fourth-order valence-corrected chi connectivity index (χ4v) is 2.55. The first-order valence-electron chi connectivity index (χ1n) is 8.62. The molecule has 0 aliphatic rings. The summed E-state index contributed by atoms with van der Waals surface area (Å²) < 4.78 is 39.8. The lowest BCUT2D eigenvalue weighted by atomic mass is 10.1. The van der Waals surface area contributed by atoms with Crippen LogP contribution in [-0.2, 0) is 11.2 Å². The van der Waals surface area contributed by atoms with Gasteiger partial charge in [0.2, 0.25) is 5.91 Å². The van der Waals surface area contributed by atoms with E-state index in [4.69, 9.17) is 9.47 Å². The van der Waals surface area contributed by atoms with Crippen LogP contribution in [-0.4, -0.2) is 45.2 Å². The third kappa shape index (κ3) is 5.97. The molecule has 7 heteroatoms. The molecule has 5 nitrogen and oxygen atoms in total. The van der Waals surface area contributed by atoms with Gasteiger partial charge in [-0.25, -0.2) is 0 Å². The van der Waals surface area contributed by atoms with E-state index in [1.54, 1.807) is 44.4 Å². The Bertz CT molecular complexity index is 824. The number of amides is 1. The maximum atomic E-state index is 12.5. The summed E-state index contributed by atoms with van der Waals surface area (Å²) in [4.78, 5) is 13.8. The van der Waals surface area contributed by atoms with Crippen LogP contribution < -0.4 is 14.2 Å². The van der Waals surface area contributed by atoms with Crippen molar-refractivity contribution in [2.24, 2.45) is 0 Å². The highest BCUT2D eigenvalue weighted by molar-refractivity contribution is 5.92. The fourth-order valence-electron chi connectivity index (χ4n) is 2.55. The molecule has 0 bridgehead atoms. The quantitative estimate of drug-likeness (QED) is 0.606. The molecule has 1 amide bonds. The molecule has 0 atom stereocenters. The first-order valence-corrected chi connectivity index (χ1v) is 8.62. The third-order valence-electron chi connectivity index (χ3n) is 4.10. The average molecular weight is 391 g/mol. The van der Waals surface area contributed by atoms with Gasteiger partial charge in [0.1, 0.15) is 5.75 Å². The Morgan fingerprint density at radius 1 is 1.07 bits per heavy atom. The zero-order chi connectivity index (χ0) is 20.5. The number of hydrogen-bond donors (Lipinski definition) is 0. The molecule has 28 heavy (non-hydrogen) atoms. The van der Waals surface area contributed by atoms with E-state index in [0.717, 1.165) is 5.56 Å². The van der Waals surface area contributed by atoms with Crippen LogP contribution in [0.25, 0.3) is 6.08 Å². The molecule has 2 aromatic rings. The van der Waals surface area contributed by atoms with Crippen molar-refractivity contribution < 1.29 is 27.8 Å². The van der Waals surface area contributed by atoms with E-state index in [0.29, 0.717) is 30.0 Å². The number of methoxy groups -OCH3 is 2. The summed E-state index contributed by atoms with van der Waals surface area (Å²) in [6.07, 6.45) is 3.43. The molecule has 2 aromatic carbocycles. The summed E-state index contributed by atoms with van der Waals surface area (Å²) in [5, 5.41) is 0. The van der Waals surface area contributed by atoms with Crippen molar-refractivity contribution in [3.8, 4) is 17.2 Å². The van der Waals surface area contributed by atoms with Gasteiger partial charge in [-0.3, -0.25) is 4.79 Å². The van der Waals surface area contributed by atoms with E-state index in [2.05, 4.69) is 4.74 Å². The lowest BCUT2D eigenvalue weighted by molar-refractivity contribution is -0.124. The normalized spacial score (nSPS) is 10.9. The van der Waals surface area contributed by atoms with Crippen molar-refractivity contribution in [1.82, 2.24) is 4.90 Å². The van der Waals surface area contributed by atoms with Crippen LogP contribution in [0.2, 0.25) is 0 Å². The molecule has 0 aliphatic heterocycles. The number of carbonyl (C=O) groups excluding carboxylic acids is 1. The Morgan fingerprint density at radius 3 is 2.46 bits per heavy atom. The summed E-state index contributed by atoms with van der Waals surface area (Å²) >= 11 is 0. The summed E-state index contributed by atoms with van der Waals surface area (Å²) in [5.74, 6) is 1.05. The molecule has 0 saturated carbocycles. The zero-order valence-corrected chi connectivity index (χ0v) is 16.0. The van der Waals surface area contributed by atoms with E-state index < -0.39 is 6.61 Å². The van der Waals surface area contributed by atoms with Gasteiger partial charge >= 0.3 is 6.61 Å². The second-order valence-corrected chi connectivity index (χ2v) is 5.95. The summed E-state index contributed by atoms with van der Waals surface area (Å²) in [6, 6.07) is 11.9. The first kappa shape index (κ1) is 21.2. The highest BCUT2D eigenvalue weighted by atomic mass is 19.3. The summed E-state index contributed by atoms with van der Waals surface area (Å²) in [7, 11) is 4.81. The van der Waals surface area contributed by atoms with Crippen molar-refractivity contribution in [2.45, 2.75) is 13.0 Å².